The predicted octanol–water partition coefficient (Wildman–Crippen LogP) is 3.99. The van der Waals surface area contributed by atoms with Crippen molar-refractivity contribution in [3.8, 4) is 5.75 Å². The van der Waals surface area contributed by atoms with Crippen LogP contribution >= 0.6 is 0 Å². The maximum Gasteiger partial charge on any atom is 0.264 e. The lowest BCUT2D eigenvalue weighted by molar-refractivity contribution is 0.0273. The molecule has 8 heteroatoms. The molecular formula is C24H32N2O5S. The molecule has 0 radical (unpaired) electrons. The molecule has 1 aliphatic carbocycles. The zero-order valence-electron chi connectivity index (χ0n) is 18.7. The molecule has 0 heterocycles. The Kier molecular flexibility index (Phi) is 8.53. The average Bonchev–Trinajstić information content (AvgIpc) is 2.84. The van der Waals surface area contributed by atoms with Crippen LogP contribution in [0.2, 0.25) is 0 Å². The van der Waals surface area contributed by atoms with E-state index in [9.17, 15) is 13.2 Å². The maximum atomic E-state index is 13.0. The minimum Gasteiger partial charge on any atom is -0.495 e. The lowest BCUT2D eigenvalue weighted by Gasteiger charge is -2.22. The summed E-state index contributed by atoms with van der Waals surface area (Å²) in [6, 6.07) is 12.8. The molecule has 1 fully saturated rings. The number of nitrogens with zero attached hydrogens (tertiary/aromatic N) is 1. The van der Waals surface area contributed by atoms with Gasteiger partial charge in [-0.05, 0) is 55.7 Å². The zero-order valence-corrected chi connectivity index (χ0v) is 19.6. The molecule has 0 aliphatic heterocycles. The van der Waals surface area contributed by atoms with E-state index in [4.69, 9.17) is 9.47 Å². The summed E-state index contributed by atoms with van der Waals surface area (Å²) >= 11 is 0. The van der Waals surface area contributed by atoms with Crippen molar-refractivity contribution in [2.45, 2.75) is 49.5 Å². The van der Waals surface area contributed by atoms with E-state index in [0.29, 0.717) is 36.3 Å². The number of methoxy groups -OCH3 is 1. The molecular weight excluding hydrogens is 428 g/mol. The summed E-state index contributed by atoms with van der Waals surface area (Å²) < 4.78 is 38.3. The Morgan fingerprint density at radius 1 is 1.06 bits per heavy atom. The fourth-order valence-electron chi connectivity index (χ4n) is 3.81. The van der Waals surface area contributed by atoms with Gasteiger partial charge < -0.3 is 14.8 Å². The van der Waals surface area contributed by atoms with Crippen LogP contribution < -0.4 is 14.4 Å². The normalized spacial score (nSPS) is 14.7. The number of sulfonamides is 1. The highest BCUT2D eigenvalue weighted by molar-refractivity contribution is 7.92. The Bertz CT molecular complexity index is 986. The molecule has 0 spiro atoms. The number of ether oxygens (including phenoxy) is 2. The molecule has 1 amide bonds. The number of para-hydroxylation sites is 2. The van der Waals surface area contributed by atoms with Crippen LogP contribution in [0.3, 0.4) is 0 Å². The number of amides is 1. The van der Waals surface area contributed by atoms with Crippen molar-refractivity contribution >= 4 is 21.6 Å². The van der Waals surface area contributed by atoms with Gasteiger partial charge in [0.2, 0.25) is 0 Å². The van der Waals surface area contributed by atoms with Gasteiger partial charge in [0, 0.05) is 25.8 Å². The van der Waals surface area contributed by atoms with Crippen molar-refractivity contribution in [1.29, 1.82) is 0 Å². The third kappa shape index (κ3) is 6.01. The molecule has 0 aromatic heterocycles. The fourth-order valence-corrected chi connectivity index (χ4v) is 5.02. The molecule has 7 nitrogen and oxygen atoms in total. The van der Waals surface area contributed by atoms with Crippen molar-refractivity contribution in [2.75, 3.05) is 31.6 Å². The number of carbonyl (C=O) groups excluding carboxylic acids is 1. The lowest BCUT2D eigenvalue weighted by atomic mass is 9.98. The number of nitrogens with one attached hydrogen (secondary N) is 1. The van der Waals surface area contributed by atoms with Gasteiger partial charge in [0.1, 0.15) is 5.75 Å². The number of anilines is 1. The Morgan fingerprint density at radius 3 is 2.44 bits per heavy atom. The lowest BCUT2D eigenvalue weighted by Crippen LogP contribution is -2.28. The Labute approximate surface area is 190 Å². The van der Waals surface area contributed by atoms with Crippen molar-refractivity contribution in [1.82, 2.24) is 5.32 Å². The van der Waals surface area contributed by atoms with E-state index < -0.39 is 10.0 Å². The molecule has 0 bridgehead atoms. The third-order valence-electron chi connectivity index (χ3n) is 5.71. The van der Waals surface area contributed by atoms with Crippen molar-refractivity contribution in [3.05, 3.63) is 54.1 Å². The first kappa shape index (κ1) is 24.1. The van der Waals surface area contributed by atoms with Crippen LogP contribution in [-0.4, -0.2) is 47.7 Å². The van der Waals surface area contributed by atoms with Gasteiger partial charge in [0.25, 0.3) is 15.9 Å². The molecule has 0 saturated heterocycles. The van der Waals surface area contributed by atoms with E-state index in [-0.39, 0.29) is 10.8 Å². The molecule has 32 heavy (non-hydrogen) atoms. The van der Waals surface area contributed by atoms with Crippen molar-refractivity contribution in [3.63, 3.8) is 0 Å². The van der Waals surface area contributed by atoms with E-state index in [1.54, 1.807) is 24.3 Å². The van der Waals surface area contributed by atoms with Gasteiger partial charge in [0.15, 0.2) is 0 Å². The molecule has 2 aromatic rings. The first-order chi connectivity index (χ1) is 15.4. The summed E-state index contributed by atoms with van der Waals surface area (Å²) in [7, 11) is -0.827. The number of hydrogen-bond acceptors (Lipinski definition) is 5. The standard InChI is InChI=1S/C24H32N2O5S/c1-26(22-11-6-7-12-23(22)30-2)32(28,29)21-15-13-19(14-16-21)24(27)25-17-8-18-31-20-9-4-3-5-10-20/h6-7,11-16,20H,3-5,8-10,17-18H2,1-2H3,(H,25,27). The monoisotopic (exact) mass is 460 g/mol. The third-order valence-corrected chi connectivity index (χ3v) is 7.50. The van der Waals surface area contributed by atoms with E-state index >= 15 is 0 Å². The largest absolute Gasteiger partial charge is 0.495 e. The SMILES string of the molecule is COc1ccccc1N(C)S(=O)(=O)c1ccc(C(=O)NCCCOC2CCCCC2)cc1. The van der Waals surface area contributed by atoms with Gasteiger partial charge in [-0.25, -0.2) is 8.42 Å². The minimum atomic E-state index is -3.80. The zero-order chi connectivity index (χ0) is 23.0. The average molecular weight is 461 g/mol. The molecule has 3 rings (SSSR count). The van der Waals surface area contributed by atoms with E-state index in [1.807, 2.05) is 0 Å². The van der Waals surface area contributed by atoms with Crippen LogP contribution in [0.1, 0.15) is 48.9 Å². The molecule has 1 saturated carbocycles. The van der Waals surface area contributed by atoms with Gasteiger partial charge in [-0.15, -0.1) is 0 Å². The summed E-state index contributed by atoms with van der Waals surface area (Å²) in [5, 5.41) is 2.86. The van der Waals surface area contributed by atoms with Gasteiger partial charge in [-0.2, -0.15) is 0 Å². The molecule has 0 atom stereocenters. The molecule has 1 aliphatic rings. The quantitative estimate of drug-likeness (QED) is 0.542. The van der Waals surface area contributed by atoms with Gasteiger partial charge >= 0.3 is 0 Å². The van der Waals surface area contributed by atoms with Crippen LogP contribution in [0.5, 0.6) is 5.75 Å². The van der Waals surface area contributed by atoms with Crippen LogP contribution in [-0.2, 0) is 14.8 Å². The van der Waals surface area contributed by atoms with Crippen LogP contribution in [0.4, 0.5) is 5.69 Å². The van der Waals surface area contributed by atoms with Crippen molar-refractivity contribution < 1.29 is 22.7 Å². The highest BCUT2D eigenvalue weighted by Gasteiger charge is 2.24. The molecule has 0 unspecified atom stereocenters. The topological polar surface area (TPSA) is 84.9 Å². The van der Waals surface area contributed by atoms with E-state index in [0.717, 1.165) is 19.3 Å². The second kappa shape index (κ2) is 11.3. The van der Waals surface area contributed by atoms with E-state index in [2.05, 4.69) is 5.32 Å². The highest BCUT2D eigenvalue weighted by atomic mass is 32.2. The Morgan fingerprint density at radius 2 is 1.75 bits per heavy atom. The Balaban J connectivity index is 1.53. The Hall–Kier alpha value is -2.58. The second-order valence-electron chi connectivity index (χ2n) is 7.91. The molecule has 2 aromatic carbocycles. The predicted molar refractivity (Wildman–Crippen MR) is 125 cm³/mol. The van der Waals surface area contributed by atoms with Crippen LogP contribution in [0.25, 0.3) is 0 Å². The number of hydrogen-bond donors (Lipinski definition) is 1. The van der Waals surface area contributed by atoms with Crippen LogP contribution in [0, 0.1) is 0 Å². The summed E-state index contributed by atoms with van der Waals surface area (Å²) in [5.41, 5.74) is 0.851. The van der Waals surface area contributed by atoms with Gasteiger partial charge in [-0.1, -0.05) is 31.4 Å². The maximum absolute atomic E-state index is 13.0. The summed E-state index contributed by atoms with van der Waals surface area (Å²) in [6.07, 6.45) is 7.15. The first-order valence-corrected chi connectivity index (χ1v) is 12.5. The first-order valence-electron chi connectivity index (χ1n) is 11.1. The molecule has 1 N–H and O–H groups in total. The van der Waals surface area contributed by atoms with E-state index in [1.165, 1.54) is 62.0 Å². The number of carbonyl (C=O) groups is 1. The van der Waals surface area contributed by atoms with Gasteiger partial charge in [0.05, 0.1) is 23.8 Å². The number of rotatable bonds is 10. The fraction of sp³-hybridized carbons (Fsp3) is 0.458. The highest BCUT2D eigenvalue weighted by Crippen LogP contribution is 2.30. The summed E-state index contributed by atoms with van der Waals surface area (Å²) in [4.78, 5) is 12.5. The molecule has 174 valence electrons. The number of benzene rings is 2. The summed E-state index contributed by atoms with van der Waals surface area (Å²) in [6.45, 7) is 1.15. The minimum absolute atomic E-state index is 0.100. The summed E-state index contributed by atoms with van der Waals surface area (Å²) in [5.74, 6) is 0.228. The smallest absolute Gasteiger partial charge is 0.264 e. The second-order valence-corrected chi connectivity index (χ2v) is 9.88. The van der Waals surface area contributed by atoms with Gasteiger partial charge in [-0.3, -0.25) is 9.10 Å². The van der Waals surface area contributed by atoms with Crippen LogP contribution in [0.15, 0.2) is 53.4 Å². The van der Waals surface area contributed by atoms with Crippen molar-refractivity contribution in [2.24, 2.45) is 0 Å².